The van der Waals surface area contributed by atoms with Gasteiger partial charge < -0.3 is 19.3 Å². The van der Waals surface area contributed by atoms with E-state index in [0.717, 1.165) is 68.0 Å². The predicted octanol–water partition coefficient (Wildman–Crippen LogP) is 8.82. The minimum Gasteiger partial charge on any atom is -0.458 e. The third-order valence-corrected chi connectivity index (χ3v) is 9.27. The molecule has 0 spiro atoms. The Labute approximate surface area is 261 Å². The average molecular weight is 576 g/mol. The second-order valence-corrected chi connectivity index (χ2v) is 11.7. The molecule has 0 radical (unpaired) electrons. The molecule has 0 saturated heterocycles. The van der Waals surface area contributed by atoms with Gasteiger partial charge in [-0.25, -0.2) is 0 Å². The Morgan fingerprint density at radius 1 is 0.444 bits per heavy atom. The highest BCUT2D eigenvalue weighted by molar-refractivity contribution is 6.99. The van der Waals surface area contributed by atoms with Crippen LogP contribution in [-0.2, 0) is 0 Å². The summed E-state index contributed by atoms with van der Waals surface area (Å²) in [6.07, 6.45) is 0. The van der Waals surface area contributed by atoms with Crippen LogP contribution in [-0.4, -0.2) is 6.71 Å². The van der Waals surface area contributed by atoms with E-state index in [0.29, 0.717) is 0 Å². The second-order valence-electron chi connectivity index (χ2n) is 11.7. The van der Waals surface area contributed by atoms with E-state index < -0.39 is 0 Å². The lowest BCUT2D eigenvalue weighted by Gasteiger charge is -2.43. The first-order valence-electron chi connectivity index (χ1n) is 15.3. The summed E-state index contributed by atoms with van der Waals surface area (Å²) < 4.78 is 13.9. The highest BCUT2D eigenvalue weighted by Gasteiger charge is 2.45. The third kappa shape index (κ3) is 3.43. The third-order valence-electron chi connectivity index (χ3n) is 9.27. The van der Waals surface area contributed by atoms with E-state index in [1.54, 1.807) is 0 Å². The molecular weight excluding hydrogens is 551 g/mol. The van der Waals surface area contributed by atoms with Crippen LogP contribution in [0.2, 0.25) is 0 Å². The summed E-state index contributed by atoms with van der Waals surface area (Å²) in [5, 5.41) is 2.35. The highest BCUT2D eigenvalue weighted by Crippen LogP contribution is 2.58. The van der Waals surface area contributed by atoms with Crippen LogP contribution in [0.15, 0.2) is 152 Å². The van der Waals surface area contributed by atoms with Crippen LogP contribution < -0.4 is 35.7 Å². The summed E-state index contributed by atoms with van der Waals surface area (Å²) in [5.74, 6) is 3.36. The van der Waals surface area contributed by atoms with Gasteiger partial charge >= 0.3 is 0 Å². The van der Waals surface area contributed by atoms with Gasteiger partial charge in [-0.2, -0.15) is 0 Å². The Hall–Kier alpha value is -5.94. The van der Waals surface area contributed by atoms with Crippen molar-refractivity contribution in [2.75, 3.05) is 9.80 Å². The fourth-order valence-corrected chi connectivity index (χ4v) is 7.42. The molecule has 0 N–H and O–H groups in total. The molecule has 0 aromatic heterocycles. The smallest absolute Gasteiger partial charge is 0.256 e. The molecule has 0 unspecified atom stereocenters. The Balaban J connectivity index is 1.34. The summed E-state index contributed by atoms with van der Waals surface area (Å²) in [7, 11) is 0. The van der Waals surface area contributed by atoms with Gasteiger partial charge in [0.1, 0.15) is 11.5 Å². The summed E-state index contributed by atoms with van der Waals surface area (Å²) in [4.78, 5) is 4.70. The van der Waals surface area contributed by atoms with E-state index in [2.05, 4.69) is 155 Å². The molecule has 4 nitrogen and oxygen atoms in total. The molecular formula is C40H25BN2O2. The number of rotatable bonds is 2. The van der Waals surface area contributed by atoms with Gasteiger partial charge in [-0.05, 0) is 58.8 Å². The maximum absolute atomic E-state index is 7.03. The van der Waals surface area contributed by atoms with E-state index in [1.165, 1.54) is 16.2 Å². The number of anilines is 6. The van der Waals surface area contributed by atoms with Gasteiger partial charge in [0.05, 0.1) is 22.7 Å². The van der Waals surface area contributed by atoms with E-state index in [4.69, 9.17) is 9.47 Å². The standard InChI is InChI=1S/C40H25BN2O2/c1-2-15-27(16-3-1)42-32-20-8-6-18-29(32)41-30-19-7-10-23-35(30)44-37-25-34-40(39(42)38(37)41)45-36-24-11-9-21-33(36)43(34)31-22-12-14-26-13-4-5-17-28(26)31/h1-25H. The number of benzene rings is 7. The Bertz CT molecular complexity index is 2310. The van der Waals surface area contributed by atoms with Crippen LogP contribution in [0.5, 0.6) is 23.0 Å². The fraction of sp³-hybridized carbons (Fsp3) is 0. The normalized spacial score (nSPS) is 13.6. The van der Waals surface area contributed by atoms with Crippen molar-refractivity contribution >= 4 is 68.0 Å². The minimum atomic E-state index is -0.00631. The molecule has 3 aliphatic heterocycles. The lowest BCUT2D eigenvalue weighted by atomic mass is 9.34. The quantitative estimate of drug-likeness (QED) is 0.192. The zero-order valence-corrected chi connectivity index (χ0v) is 24.2. The van der Waals surface area contributed by atoms with Crippen molar-refractivity contribution in [3.8, 4) is 23.0 Å². The van der Waals surface area contributed by atoms with Crippen LogP contribution in [0, 0.1) is 0 Å². The number of hydrogen-bond acceptors (Lipinski definition) is 4. The van der Waals surface area contributed by atoms with Gasteiger partial charge in [-0.15, -0.1) is 0 Å². The molecule has 7 aromatic carbocycles. The van der Waals surface area contributed by atoms with E-state index in [-0.39, 0.29) is 6.71 Å². The van der Waals surface area contributed by atoms with Crippen molar-refractivity contribution in [2.24, 2.45) is 0 Å². The molecule has 3 heterocycles. The maximum atomic E-state index is 7.03. The molecule has 5 heteroatoms. The Morgan fingerprint density at radius 2 is 1.11 bits per heavy atom. The molecule has 0 aliphatic carbocycles. The molecule has 0 fully saturated rings. The maximum Gasteiger partial charge on any atom is 0.256 e. The van der Waals surface area contributed by atoms with Crippen LogP contribution >= 0.6 is 0 Å². The van der Waals surface area contributed by atoms with Gasteiger partial charge in [0.2, 0.25) is 0 Å². The van der Waals surface area contributed by atoms with Gasteiger partial charge in [0.25, 0.3) is 6.71 Å². The number of hydrogen-bond donors (Lipinski definition) is 0. The van der Waals surface area contributed by atoms with Crippen molar-refractivity contribution in [1.82, 2.24) is 0 Å². The summed E-state index contributed by atoms with van der Waals surface area (Å²) in [6.45, 7) is -0.00631. The van der Waals surface area contributed by atoms with Gasteiger partial charge in [-0.1, -0.05) is 103 Å². The Kier molecular flexibility index (Phi) is 5.05. The van der Waals surface area contributed by atoms with Crippen molar-refractivity contribution in [3.63, 3.8) is 0 Å². The van der Waals surface area contributed by atoms with Gasteiger partial charge in [-0.3, -0.25) is 0 Å². The van der Waals surface area contributed by atoms with E-state index >= 15 is 0 Å². The van der Waals surface area contributed by atoms with Crippen LogP contribution in [0.1, 0.15) is 0 Å². The zero-order chi connectivity index (χ0) is 29.5. The molecule has 0 saturated carbocycles. The summed E-state index contributed by atoms with van der Waals surface area (Å²) in [5.41, 5.74) is 9.75. The molecule has 0 bridgehead atoms. The average Bonchev–Trinajstić information content (AvgIpc) is 3.10. The zero-order valence-electron chi connectivity index (χ0n) is 24.2. The molecule has 10 rings (SSSR count). The number of ether oxygens (including phenoxy) is 2. The molecule has 45 heavy (non-hydrogen) atoms. The molecule has 0 atom stereocenters. The van der Waals surface area contributed by atoms with Crippen molar-refractivity contribution in [3.05, 3.63) is 152 Å². The molecule has 3 aliphatic rings. The SMILES string of the molecule is c1ccc(N2c3ccccc3B3c4ccccc4Oc4cc5c(c2c43)Oc2ccccc2N5c2cccc3ccccc23)cc1. The summed E-state index contributed by atoms with van der Waals surface area (Å²) >= 11 is 0. The van der Waals surface area contributed by atoms with Crippen molar-refractivity contribution in [1.29, 1.82) is 0 Å². The van der Waals surface area contributed by atoms with Crippen molar-refractivity contribution < 1.29 is 9.47 Å². The predicted molar refractivity (Wildman–Crippen MR) is 185 cm³/mol. The minimum absolute atomic E-state index is 0.00631. The van der Waals surface area contributed by atoms with E-state index in [9.17, 15) is 0 Å². The number of fused-ring (bicyclic) bond motifs is 8. The molecule has 0 amide bonds. The number of para-hydroxylation sites is 5. The van der Waals surface area contributed by atoms with Crippen LogP contribution in [0.25, 0.3) is 10.8 Å². The lowest BCUT2D eigenvalue weighted by Crippen LogP contribution is -2.59. The van der Waals surface area contributed by atoms with Gasteiger partial charge in [0.15, 0.2) is 11.5 Å². The van der Waals surface area contributed by atoms with Crippen LogP contribution in [0.4, 0.5) is 34.1 Å². The van der Waals surface area contributed by atoms with Crippen LogP contribution in [0.3, 0.4) is 0 Å². The molecule has 7 aromatic rings. The number of nitrogens with zero attached hydrogens (tertiary/aromatic N) is 2. The van der Waals surface area contributed by atoms with E-state index in [1.807, 2.05) is 6.07 Å². The fourth-order valence-electron chi connectivity index (χ4n) is 7.42. The highest BCUT2D eigenvalue weighted by atomic mass is 16.5. The largest absolute Gasteiger partial charge is 0.458 e. The lowest BCUT2D eigenvalue weighted by molar-refractivity contribution is 0.469. The first kappa shape index (κ1) is 24.5. The monoisotopic (exact) mass is 576 g/mol. The first-order chi connectivity index (χ1) is 22.3. The Morgan fingerprint density at radius 3 is 2.00 bits per heavy atom. The topological polar surface area (TPSA) is 24.9 Å². The molecule has 210 valence electrons. The van der Waals surface area contributed by atoms with Crippen molar-refractivity contribution in [2.45, 2.75) is 0 Å². The van der Waals surface area contributed by atoms with Gasteiger partial charge in [0, 0.05) is 28.3 Å². The summed E-state index contributed by atoms with van der Waals surface area (Å²) in [6, 6.07) is 53.3. The first-order valence-corrected chi connectivity index (χ1v) is 15.3. The second kappa shape index (κ2) is 9.28.